The molecule has 1 rings (SSSR count). The van der Waals surface area contributed by atoms with E-state index in [0.717, 1.165) is 6.42 Å². The van der Waals surface area contributed by atoms with E-state index >= 15 is 0 Å². The first kappa shape index (κ1) is 10.1. The van der Waals surface area contributed by atoms with Gasteiger partial charge in [-0.25, -0.2) is 0 Å². The molecule has 0 unspecified atom stereocenters. The number of alkyl halides is 2. The molecule has 3 heteroatoms. The molecular weight excluding hydrogens is 207 g/mol. The molecule has 12 heavy (non-hydrogen) atoms. The van der Waals surface area contributed by atoms with E-state index in [1.54, 1.807) is 0 Å². The minimum Gasteiger partial charge on any atom is -0.110 e. The molecule has 0 aromatic heterocycles. The minimum absolute atomic E-state index is 0.266. The van der Waals surface area contributed by atoms with Crippen molar-refractivity contribution in [1.82, 2.24) is 0 Å². The highest BCUT2D eigenvalue weighted by Gasteiger charge is 2.05. The summed E-state index contributed by atoms with van der Waals surface area (Å²) in [5.74, 6) is 0. The normalized spacial score (nSPS) is 10.7. The van der Waals surface area contributed by atoms with Crippen LogP contribution in [0.4, 0.5) is 0 Å². The van der Waals surface area contributed by atoms with E-state index in [0.29, 0.717) is 9.52 Å². The highest BCUT2D eigenvalue weighted by molar-refractivity contribution is 6.76. The lowest BCUT2D eigenvalue weighted by atomic mass is 10.2. The second kappa shape index (κ2) is 4.90. The number of benzene rings is 1. The predicted octanol–water partition coefficient (Wildman–Crippen LogP) is 2.34. The van der Waals surface area contributed by atoms with E-state index in [-0.39, 0.29) is 4.46 Å². The second-order valence-corrected chi connectivity index (χ2v) is 5.69. The maximum atomic E-state index is 5.72. The van der Waals surface area contributed by atoms with E-state index in [2.05, 4.69) is 19.1 Å². The van der Waals surface area contributed by atoms with Crippen LogP contribution < -0.4 is 5.19 Å². The molecule has 0 saturated heterocycles. The first-order chi connectivity index (χ1) is 5.74. The van der Waals surface area contributed by atoms with Gasteiger partial charge in [0.25, 0.3) is 0 Å². The Kier molecular flexibility index (Phi) is 4.13. The zero-order valence-electron chi connectivity index (χ0n) is 6.85. The smallest absolute Gasteiger partial charge is 0.110 e. The summed E-state index contributed by atoms with van der Waals surface area (Å²) < 4.78 is -0.266. The fourth-order valence-corrected chi connectivity index (χ4v) is 2.67. The van der Waals surface area contributed by atoms with Crippen molar-refractivity contribution in [2.24, 2.45) is 0 Å². The summed E-state index contributed by atoms with van der Waals surface area (Å²) in [6, 6.07) is 8.29. The molecule has 0 heterocycles. The average molecular weight is 217 g/mol. The van der Waals surface area contributed by atoms with Gasteiger partial charge in [0, 0.05) is 0 Å². The molecule has 64 valence electrons. The van der Waals surface area contributed by atoms with Crippen LogP contribution in [-0.4, -0.2) is 14.0 Å². The zero-order chi connectivity index (χ0) is 8.97. The Bertz CT molecular complexity index is 248. The van der Waals surface area contributed by atoms with Crippen molar-refractivity contribution in [3.63, 3.8) is 0 Å². The number of halogens is 2. The number of aryl methyl sites for hydroxylation is 1. The molecule has 0 aliphatic rings. The van der Waals surface area contributed by atoms with E-state index in [4.69, 9.17) is 23.2 Å². The van der Waals surface area contributed by atoms with Crippen LogP contribution in [0.1, 0.15) is 12.5 Å². The highest BCUT2D eigenvalue weighted by atomic mass is 35.5. The Hall–Kier alpha value is 0.0169. The maximum Gasteiger partial charge on any atom is 0.124 e. The van der Waals surface area contributed by atoms with Gasteiger partial charge in [0.1, 0.15) is 9.52 Å². The van der Waals surface area contributed by atoms with Gasteiger partial charge in [0.15, 0.2) is 0 Å². The number of hydrogen-bond donors (Lipinski definition) is 0. The summed E-state index contributed by atoms with van der Waals surface area (Å²) in [5.41, 5.74) is 1.35. The van der Waals surface area contributed by atoms with Crippen LogP contribution in [0.2, 0.25) is 0 Å². The largest absolute Gasteiger partial charge is 0.124 e. The molecule has 1 aromatic rings. The molecule has 0 saturated carbocycles. The summed E-state index contributed by atoms with van der Waals surface area (Å²) in [6.45, 7) is 2.14. The highest BCUT2D eigenvalue weighted by Crippen LogP contribution is 2.02. The SMILES string of the molecule is CCc1ccccc1[Si]C(Cl)Cl. The lowest BCUT2D eigenvalue weighted by molar-refractivity contribution is 1.15. The van der Waals surface area contributed by atoms with Crippen LogP contribution >= 0.6 is 23.2 Å². The standard InChI is InChI=1S/C9H10Cl2Si/c1-2-7-5-3-4-6-8(7)12-9(10)11/h3-6,9H,2H2,1H3. The number of hydrogen-bond acceptors (Lipinski definition) is 0. The zero-order valence-corrected chi connectivity index (χ0v) is 9.36. The Morgan fingerprint density at radius 1 is 1.33 bits per heavy atom. The third kappa shape index (κ3) is 2.81. The van der Waals surface area contributed by atoms with Crippen molar-refractivity contribution in [2.45, 2.75) is 17.8 Å². The summed E-state index contributed by atoms with van der Waals surface area (Å²) >= 11 is 11.4. The van der Waals surface area contributed by atoms with Crippen molar-refractivity contribution in [1.29, 1.82) is 0 Å². The molecule has 1 aromatic carbocycles. The fraction of sp³-hybridized carbons (Fsp3) is 0.333. The first-order valence-corrected chi connectivity index (χ1v) is 5.81. The third-order valence-electron chi connectivity index (χ3n) is 1.66. The van der Waals surface area contributed by atoms with Gasteiger partial charge in [-0.15, -0.1) is 23.2 Å². The van der Waals surface area contributed by atoms with Crippen molar-refractivity contribution in [3.8, 4) is 0 Å². The quantitative estimate of drug-likeness (QED) is 0.538. The van der Waals surface area contributed by atoms with E-state index in [1.165, 1.54) is 10.8 Å². The van der Waals surface area contributed by atoms with Crippen molar-refractivity contribution in [2.75, 3.05) is 0 Å². The van der Waals surface area contributed by atoms with Crippen molar-refractivity contribution in [3.05, 3.63) is 29.8 Å². The van der Waals surface area contributed by atoms with Crippen molar-refractivity contribution < 1.29 is 0 Å². The summed E-state index contributed by atoms with van der Waals surface area (Å²) in [6.07, 6.45) is 1.05. The first-order valence-electron chi connectivity index (χ1n) is 3.86. The lowest BCUT2D eigenvalue weighted by Crippen LogP contribution is -2.23. The van der Waals surface area contributed by atoms with Gasteiger partial charge in [0.05, 0.1) is 4.46 Å². The molecule has 0 N–H and O–H groups in total. The lowest BCUT2D eigenvalue weighted by Gasteiger charge is -2.05. The van der Waals surface area contributed by atoms with Gasteiger partial charge in [-0.05, 0) is 12.0 Å². The summed E-state index contributed by atoms with van der Waals surface area (Å²) in [7, 11) is 0.497. The molecule has 0 atom stereocenters. The van der Waals surface area contributed by atoms with Crippen LogP contribution in [0.5, 0.6) is 0 Å². The van der Waals surface area contributed by atoms with Crippen molar-refractivity contribution >= 4 is 37.9 Å². The van der Waals surface area contributed by atoms with Gasteiger partial charge in [-0.2, -0.15) is 0 Å². The van der Waals surface area contributed by atoms with Gasteiger partial charge in [-0.1, -0.05) is 36.4 Å². The summed E-state index contributed by atoms with van der Waals surface area (Å²) in [4.78, 5) is 0. The topological polar surface area (TPSA) is 0 Å². The molecule has 0 aliphatic carbocycles. The van der Waals surface area contributed by atoms with E-state index in [1.807, 2.05) is 12.1 Å². The Morgan fingerprint density at radius 2 is 2.00 bits per heavy atom. The molecule has 0 fully saturated rings. The second-order valence-electron chi connectivity index (χ2n) is 2.46. The van der Waals surface area contributed by atoms with Gasteiger partial charge >= 0.3 is 0 Å². The van der Waals surface area contributed by atoms with Crippen LogP contribution in [0, 0.1) is 0 Å². The van der Waals surface area contributed by atoms with E-state index < -0.39 is 0 Å². The van der Waals surface area contributed by atoms with Crippen LogP contribution in [0.25, 0.3) is 0 Å². The van der Waals surface area contributed by atoms with E-state index in [9.17, 15) is 0 Å². The van der Waals surface area contributed by atoms with Crippen LogP contribution in [-0.2, 0) is 6.42 Å². The minimum atomic E-state index is -0.266. The molecule has 0 spiro atoms. The average Bonchev–Trinajstić information content (AvgIpc) is 2.04. The molecule has 0 bridgehead atoms. The van der Waals surface area contributed by atoms with Gasteiger partial charge < -0.3 is 0 Å². The van der Waals surface area contributed by atoms with Gasteiger partial charge in [0.2, 0.25) is 0 Å². The Balaban J connectivity index is 2.82. The summed E-state index contributed by atoms with van der Waals surface area (Å²) in [5, 5.41) is 1.29. The maximum absolute atomic E-state index is 5.72. The van der Waals surface area contributed by atoms with Crippen LogP contribution in [0.3, 0.4) is 0 Å². The molecule has 0 nitrogen and oxygen atoms in total. The van der Waals surface area contributed by atoms with Gasteiger partial charge in [-0.3, -0.25) is 0 Å². The fourth-order valence-electron chi connectivity index (χ4n) is 1.09. The molecule has 0 aliphatic heterocycles. The molecule has 0 amide bonds. The number of rotatable bonds is 3. The molecular formula is C9H10Cl2Si. The Morgan fingerprint density at radius 3 is 2.58 bits per heavy atom. The van der Waals surface area contributed by atoms with Crippen LogP contribution in [0.15, 0.2) is 24.3 Å². The Labute approximate surface area is 85.7 Å². The molecule has 2 radical (unpaired) electrons. The monoisotopic (exact) mass is 216 g/mol. The third-order valence-corrected chi connectivity index (χ3v) is 3.33. The predicted molar refractivity (Wildman–Crippen MR) is 56.7 cm³/mol.